The van der Waals surface area contributed by atoms with Gasteiger partial charge in [-0.2, -0.15) is 23.1 Å². The average Bonchev–Trinajstić information content (AvgIpc) is 4.00. The Kier molecular flexibility index (Phi) is 12.5. The van der Waals surface area contributed by atoms with Gasteiger partial charge in [0.05, 0.1) is 18.4 Å². The summed E-state index contributed by atoms with van der Waals surface area (Å²) in [6.07, 6.45) is 3.97. The molecule has 15 nitrogen and oxygen atoms in total. The van der Waals surface area contributed by atoms with Gasteiger partial charge in [-0.3, -0.25) is 10.1 Å². The van der Waals surface area contributed by atoms with Crippen LogP contribution in [0.15, 0.2) is 115 Å². The molecule has 8 rings (SSSR count). The van der Waals surface area contributed by atoms with Crippen LogP contribution in [0.4, 0.5) is 29.7 Å². The fourth-order valence-electron chi connectivity index (χ4n) is 8.52. The summed E-state index contributed by atoms with van der Waals surface area (Å²) in [4.78, 5) is 42.7. The van der Waals surface area contributed by atoms with Crippen molar-refractivity contribution < 1.29 is 42.4 Å². The standard InChI is InChI=1S/C44H48F3N9O6/c1-2-19-55(41(59)44(45,46)47)32-21-33(38(58)37(32)57)56-26-49-36-39(48-22-31(27-12-6-3-7-13-27)28-14-8-4-9-15-28)52-42(53-40(36)56)54-20-18-30(23-54)50-43(60)51-35-25-61-24-34(62-35)29-16-10-5-11-17-29/h3-10,12-16,24-26,30-33,37-38,57-58H,2,11,17-23H2,1H3,(H,48,52,53)(H2,50,51,60)/t30-,32+,33-,37-,38+/m1/s1. The lowest BCUT2D eigenvalue weighted by molar-refractivity contribution is -0.190. The van der Waals surface area contributed by atoms with Crippen molar-refractivity contribution in [2.75, 3.05) is 36.4 Å². The van der Waals surface area contributed by atoms with Gasteiger partial charge in [0.15, 0.2) is 29.0 Å². The third-order valence-corrected chi connectivity index (χ3v) is 11.6. The number of aliphatic hydroxyl groups is 2. The number of carbonyl (C=O) groups is 2. The highest BCUT2D eigenvalue weighted by atomic mass is 19.4. The Morgan fingerprint density at radius 3 is 2.44 bits per heavy atom. The Hall–Kier alpha value is -6.40. The number of nitrogens with one attached hydrogen (secondary N) is 3. The van der Waals surface area contributed by atoms with Crippen LogP contribution in [0.2, 0.25) is 0 Å². The number of allylic oxidation sites excluding steroid dienone is 4. The first kappa shape index (κ1) is 42.3. The van der Waals surface area contributed by atoms with Gasteiger partial charge < -0.3 is 44.7 Å². The Labute approximate surface area is 355 Å². The normalized spacial score (nSPS) is 22.4. The van der Waals surface area contributed by atoms with E-state index in [1.807, 2.05) is 77.7 Å². The number of nitrogens with zero attached hydrogens (tertiary/aromatic N) is 6. The number of benzene rings is 2. The highest BCUT2D eigenvalue weighted by molar-refractivity contribution is 5.85. The molecule has 1 saturated carbocycles. The lowest BCUT2D eigenvalue weighted by Crippen LogP contribution is -2.51. The van der Waals surface area contributed by atoms with E-state index in [-0.39, 0.29) is 48.8 Å². The van der Waals surface area contributed by atoms with Crippen LogP contribution in [0.3, 0.4) is 0 Å². The second-order valence-corrected chi connectivity index (χ2v) is 15.7. The van der Waals surface area contributed by atoms with Gasteiger partial charge in [-0.15, -0.1) is 0 Å². The molecule has 0 bridgehead atoms. The molecular weight excluding hydrogens is 808 g/mol. The fourth-order valence-corrected chi connectivity index (χ4v) is 8.52. The van der Waals surface area contributed by atoms with Gasteiger partial charge in [0.25, 0.3) is 0 Å². The molecule has 5 atom stereocenters. The fraction of sp³-hybridized carbons (Fsp3) is 0.386. The molecular formula is C44H48F3N9O6. The number of aromatic nitrogens is 4. The van der Waals surface area contributed by atoms with E-state index < -0.39 is 42.4 Å². The predicted octanol–water partition coefficient (Wildman–Crippen LogP) is 5.75. The summed E-state index contributed by atoms with van der Waals surface area (Å²) in [6.45, 7) is 2.54. The SMILES string of the molecule is CCCN(C(=O)C(F)(F)F)[C@H]1C[C@@H](n2cnc3c(NCC(c4ccccc4)c4ccccc4)nc(N4CC[C@@H](NC(=O)NC5=COC=C(C6=CC=CCC6)O5)C4)nc32)[C@H](O)[C@@H]1O. The first-order valence-electron chi connectivity index (χ1n) is 20.7. The number of hydrogen-bond donors (Lipinski definition) is 5. The summed E-state index contributed by atoms with van der Waals surface area (Å²) in [5.74, 6) is -0.887. The predicted molar refractivity (Wildman–Crippen MR) is 223 cm³/mol. The van der Waals surface area contributed by atoms with Crippen molar-refractivity contribution in [3.63, 3.8) is 0 Å². The van der Waals surface area contributed by atoms with Gasteiger partial charge in [0.1, 0.15) is 18.5 Å². The summed E-state index contributed by atoms with van der Waals surface area (Å²) in [5, 5.41) is 31.7. The second-order valence-electron chi connectivity index (χ2n) is 15.7. The molecule has 1 saturated heterocycles. The maximum Gasteiger partial charge on any atom is 0.471 e. The first-order chi connectivity index (χ1) is 30.0. The molecule has 4 heterocycles. The van der Waals surface area contributed by atoms with E-state index in [1.54, 1.807) is 6.92 Å². The zero-order valence-electron chi connectivity index (χ0n) is 33.9. The Balaban J connectivity index is 1.06. The van der Waals surface area contributed by atoms with E-state index in [2.05, 4.69) is 27.0 Å². The van der Waals surface area contributed by atoms with Crippen LogP contribution in [0.5, 0.6) is 0 Å². The van der Waals surface area contributed by atoms with E-state index in [0.29, 0.717) is 48.0 Å². The van der Waals surface area contributed by atoms with Crippen molar-refractivity contribution in [3.8, 4) is 0 Å². The van der Waals surface area contributed by atoms with Crippen LogP contribution < -0.4 is 20.9 Å². The summed E-state index contributed by atoms with van der Waals surface area (Å²) in [7, 11) is 0. The third-order valence-electron chi connectivity index (χ3n) is 11.6. The number of halogens is 3. The summed E-state index contributed by atoms with van der Waals surface area (Å²) < 4.78 is 54.0. The topological polar surface area (TPSA) is 179 Å². The van der Waals surface area contributed by atoms with E-state index >= 15 is 0 Å². The Morgan fingerprint density at radius 2 is 1.76 bits per heavy atom. The van der Waals surface area contributed by atoms with Gasteiger partial charge in [0, 0.05) is 38.1 Å². The zero-order chi connectivity index (χ0) is 43.4. The van der Waals surface area contributed by atoms with Crippen LogP contribution in [0, 0.1) is 0 Å². The lowest BCUT2D eigenvalue weighted by atomic mass is 9.91. The number of anilines is 2. The van der Waals surface area contributed by atoms with Crippen molar-refractivity contribution in [2.24, 2.45) is 0 Å². The number of fused-ring (bicyclic) bond motifs is 1. The molecule has 0 radical (unpaired) electrons. The average molecular weight is 856 g/mol. The van der Waals surface area contributed by atoms with Crippen LogP contribution in [0.1, 0.15) is 62.1 Å². The first-order valence-corrected chi connectivity index (χ1v) is 20.7. The van der Waals surface area contributed by atoms with Gasteiger partial charge in [-0.1, -0.05) is 85.8 Å². The molecule has 2 aromatic heterocycles. The molecule has 2 aromatic carbocycles. The number of ether oxygens (including phenoxy) is 2. The summed E-state index contributed by atoms with van der Waals surface area (Å²) in [5.41, 5.74) is 3.66. The molecule has 2 aliphatic heterocycles. The largest absolute Gasteiger partial charge is 0.471 e. The molecule has 4 aliphatic rings. The number of imidazole rings is 1. The summed E-state index contributed by atoms with van der Waals surface area (Å²) >= 11 is 0. The molecule has 0 unspecified atom stereocenters. The molecule has 5 N–H and O–H groups in total. The van der Waals surface area contributed by atoms with Crippen molar-refractivity contribution in [3.05, 3.63) is 126 Å². The quantitative estimate of drug-likeness (QED) is 0.111. The minimum absolute atomic E-state index is 0.105. The number of rotatable bonds is 13. The lowest BCUT2D eigenvalue weighted by Gasteiger charge is -2.31. The van der Waals surface area contributed by atoms with Gasteiger partial charge in [0.2, 0.25) is 11.8 Å². The molecule has 2 fully saturated rings. The van der Waals surface area contributed by atoms with Crippen molar-refractivity contribution in [2.45, 2.75) is 81.5 Å². The zero-order valence-corrected chi connectivity index (χ0v) is 33.9. The maximum atomic E-state index is 13.7. The minimum atomic E-state index is -5.16. The van der Waals surface area contributed by atoms with E-state index in [0.717, 1.165) is 29.5 Å². The van der Waals surface area contributed by atoms with Crippen molar-refractivity contribution in [1.29, 1.82) is 0 Å². The highest BCUT2D eigenvalue weighted by Gasteiger charge is 2.51. The number of carbonyl (C=O) groups excluding carboxylic acids is 2. The molecule has 3 amide bonds. The van der Waals surface area contributed by atoms with E-state index in [4.69, 9.17) is 19.4 Å². The molecule has 326 valence electrons. The van der Waals surface area contributed by atoms with Crippen LogP contribution in [-0.2, 0) is 14.3 Å². The second kappa shape index (κ2) is 18.3. The molecule has 62 heavy (non-hydrogen) atoms. The van der Waals surface area contributed by atoms with Gasteiger partial charge in [-0.25, -0.2) is 9.78 Å². The van der Waals surface area contributed by atoms with Crippen LogP contribution in [0.25, 0.3) is 11.2 Å². The number of urea groups is 1. The van der Waals surface area contributed by atoms with E-state index in [9.17, 15) is 33.0 Å². The van der Waals surface area contributed by atoms with E-state index in [1.165, 1.54) is 23.4 Å². The monoisotopic (exact) mass is 855 g/mol. The molecule has 18 heteroatoms. The Morgan fingerprint density at radius 1 is 1.02 bits per heavy atom. The number of amides is 3. The van der Waals surface area contributed by atoms with Crippen molar-refractivity contribution in [1.82, 2.24) is 35.1 Å². The highest BCUT2D eigenvalue weighted by Crippen LogP contribution is 2.39. The van der Waals surface area contributed by atoms with Gasteiger partial charge >= 0.3 is 18.1 Å². The Bertz CT molecular complexity index is 2330. The molecule has 0 spiro atoms. The third kappa shape index (κ3) is 9.11. The maximum absolute atomic E-state index is 13.7. The summed E-state index contributed by atoms with van der Waals surface area (Å²) in [6, 6.07) is 16.8. The minimum Gasteiger partial charge on any atom is -0.463 e. The number of alkyl halides is 3. The van der Waals surface area contributed by atoms with Crippen LogP contribution in [-0.4, -0.2) is 103 Å². The smallest absolute Gasteiger partial charge is 0.463 e. The molecule has 4 aromatic rings. The number of hydrogen-bond acceptors (Lipinski definition) is 11. The van der Waals surface area contributed by atoms with Gasteiger partial charge in [-0.05, 0) is 48.8 Å². The number of aliphatic hydroxyl groups excluding tert-OH is 2. The van der Waals surface area contributed by atoms with Crippen molar-refractivity contribution >= 4 is 34.9 Å². The molecule has 2 aliphatic carbocycles. The van der Waals surface area contributed by atoms with Crippen LogP contribution >= 0.6 is 0 Å².